The summed E-state index contributed by atoms with van der Waals surface area (Å²) in [5, 5.41) is 12.3. The van der Waals surface area contributed by atoms with Gasteiger partial charge in [0.15, 0.2) is 11.9 Å². The molecule has 0 aromatic rings. The third-order valence-electron chi connectivity index (χ3n) is 2.09. The van der Waals surface area contributed by atoms with Gasteiger partial charge in [-0.25, -0.2) is 0 Å². The number of rotatable bonds is 0. The number of hydrogen-bond donors (Lipinski definition) is 5. The number of alkyl halides is 6. The van der Waals surface area contributed by atoms with Crippen molar-refractivity contribution in [3.63, 3.8) is 0 Å². The van der Waals surface area contributed by atoms with E-state index in [1.54, 1.807) is 0 Å². The molecule has 7 N–H and O–H groups in total. The maximum Gasteiger partial charge on any atom is 0.192 e. The predicted molar refractivity (Wildman–Crippen MR) is 103 cm³/mol. The molecule has 1 aliphatic carbocycles. The minimum absolute atomic E-state index is 0. The normalized spacial score (nSPS) is 32.8. The van der Waals surface area contributed by atoms with E-state index < -0.39 is 32.3 Å². The van der Waals surface area contributed by atoms with E-state index in [9.17, 15) is 0 Å². The molecule has 0 bridgehead atoms. The number of nitrogens with one attached hydrogen (secondary N) is 3. The van der Waals surface area contributed by atoms with Crippen LogP contribution in [0.25, 0.3) is 0 Å². The lowest BCUT2D eigenvalue weighted by atomic mass is 9.97. The van der Waals surface area contributed by atoms with Crippen LogP contribution in [-0.4, -0.2) is 44.2 Å². The summed E-state index contributed by atoms with van der Waals surface area (Å²) >= 11 is 35.3. The van der Waals surface area contributed by atoms with Crippen LogP contribution in [0, 0.1) is 10.8 Å². The average Bonchev–Trinajstić information content (AvgIpc) is 2.42. The fourth-order valence-corrected chi connectivity index (χ4v) is 3.53. The zero-order valence-electron chi connectivity index (χ0n) is 11.2. The summed E-state index contributed by atoms with van der Waals surface area (Å²) in [6, 6.07) is 0. The second-order valence-electron chi connectivity index (χ2n) is 3.62. The molecule has 0 aliphatic heterocycles. The van der Waals surface area contributed by atoms with Gasteiger partial charge in [-0.15, -0.1) is 95.2 Å². The molecule has 0 aromatic carbocycles. The van der Waals surface area contributed by atoms with Crippen molar-refractivity contribution < 1.29 is 0 Å². The van der Waals surface area contributed by atoms with Gasteiger partial charge in [0.1, 0.15) is 0 Å². The standard InChI is InChI=1S/C6H6Cl6.C2H7N5.C2H4.ClH/c7-1-2(8)4(10)6(12)5(11)3(1)9;3-1(4)7-2(5)6;1-2;/h1-6H;(H7,3,4,5,6,7);1-2H2;1H. The molecule has 0 atom stereocenters. The molecule has 0 radical (unpaired) electrons. The van der Waals surface area contributed by atoms with E-state index in [-0.39, 0.29) is 24.3 Å². The van der Waals surface area contributed by atoms with E-state index >= 15 is 0 Å². The van der Waals surface area contributed by atoms with Gasteiger partial charge in [-0.1, -0.05) is 0 Å². The Balaban J connectivity index is -0.000000313. The van der Waals surface area contributed by atoms with Gasteiger partial charge in [0.2, 0.25) is 0 Å². The first-order chi connectivity index (χ1) is 9.59. The molecule has 12 heteroatoms. The second-order valence-corrected chi connectivity index (χ2v) is 6.64. The summed E-state index contributed by atoms with van der Waals surface area (Å²) in [5.41, 5.74) is 9.49. The van der Waals surface area contributed by atoms with Crippen molar-refractivity contribution in [3.05, 3.63) is 13.2 Å². The second kappa shape index (κ2) is 13.9. The van der Waals surface area contributed by atoms with Crippen LogP contribution in [0.15, 0.2) is 13.2 Å². The fraction of sp³-hybridized carbons (Fsp3) is 0.600. The predicted octanol–water partition coefficient (Wildman–Crippen LogP) is 3.23. The van der Waals surface area contributed by atoms with Gasteiger partial charge in [0.25, 0.3) is 0 Å². The Morgan fingerprint density at radius 1 is 0.682 bits per heavy atom. The number of hydrogen-bond acceptors (Lipinski definition) is 2. The van der Waals surface area contributed by atoms with Crippen molar-refractivity contribution in [3.8, 4) is 0 Å². The highest BCUT2D eigenvalue weighted by atomic mass is 35.5. The fourth-order valence-electron chi connectivity index (χ4n) is 1.20. The molecule has 5 nitrogen and oxygen atoms in total. The Hall–Kier alpha value is 0.510. The zero-order chi connectivity index (χ0) is 17.3. The van der Waals surface area contributed by atoms with Gasteiger partial charge in [-0.05, 0) is 0 Å². The smallest absolute Gasteiger partial charge is 0.192 e. The lowest BCUT2D eigenvalue weighted by molar-refractivity contribution is 0.544. The first kappa shape index (κ1) is 27.4. The molecule has 1 aliphatic rings. The molecule has 0 amide bonds. The summed E-state index contributed by atoms with van der Waals surface area (Å²) in [7, 11) is 0. The molecule has 1 rings (SSSR count). The molecule has 0 spiro atoms. The highest BCUT2D eigenvalue weighted by Crippen LogP contribution is 2.39. The maximum absolute atomic E-state index is 6.47. The minimum atomic E-state index is -0.437. The average molecular weight is 456 g/mol. The molecule has 132 valence electrons. The van der Waals surface area contributed by atoms with Crippen LogP contribution in [-0.2, 0) is 0 Å². The number of nitrogens with two attached hydrogens (primary N) is 2. The molecular weight excluding hydrogens is 438 g/mol. The summed E-state index contributed by atoms with van der Waals surface area (Å²) in [6.07, 6.45) is 0. The Kier molecular flexibility index (Phi) is 17.3. The molecule has 1 fully saturated rings. The van der Waals surface area contributed by atoms with Crippen molar-refractivity contribution in [2.24, 2.45) is 11.5 Å². The number of halogens is 7. The highest BCUT2D eigenvalue weighted by Gasteiger charge is 2.46. The number of guanidine groups is 2. The van der Waals surface area contributed by atoms with Crippen LogP contribution in [0.3, 0.4) is 0 Å². The van der Waals surface area contributed by atoms with Crippen LogP contribution in [0.2, 0.25) is 0 Å². The first-order valence-corrected chi connectivity index (χ1v) is 8.01. The lowest BCUT2D eigenvalue weighted by Gasteiger charge is -2.37. The lowest BCUT2D eigenvalue weighted by Crippen LogP contribution is -2.52. The Morgan fingerprint density at radius 2 is 0.818 bits per heavy atom. The molecule has 0 heterocycles. The highest BCUT2D eigenvalue weighted by molar-refractivity contribution is 6.45. The minimum Gasteiger partial charge on any atom is -0.370 e. The summed E-state index contributed by atoms with van der Waals surface area (Å²) < 4.78 is 0. The summed E-state index contributed by atoms with van der Waals surface area (Å²) in [4.78, 5) is 0. The Morgan fingerprint density at radius 3 is 0.864 bits per heavy atom. The Bertz CT molecular complexity index is 275. The van der Waals surface area contributed by atoms with E-state index in [1.165, 1.54) is 0 Å². The van der Waals surface area contributed by atoms with Crippen LogP contribution >= 0.6 is 82.0 Å². The Labute approximate surface area is 166 Å². The van der Waals surface area contributed by atoms with Crippen molar-refractivity contribution in [1.29, 1.82) is 10.8 Å². The van der Waals surface area contributed by atoms with Gasteiger partial charge in [-0.3, -0.25) is 16.1 Å². The van der Waals surface area contributed by atoms with E-state index in [4.69, 9.17) is 91.9 Å². The zero-order valence-corrected chi connectivity index (χ0v) is 16.6. The van der Waals surface area contributed by atoms with Gasteiger partial charge < -0.3 is 11.5 Å². The van der Waals surface area contributed by atoms with E-state index in [2.05, 4.69) is 13.2 Å². The van der Waals surface area contributed by atoms with Gasteiger partial charge in [0, 0.05) is 0 Å². The van der Waals surface area contributed by atoms with Gasteiger partial charge in [0.05, 0.1) is 32.3 Å². The SMILES string of the molecule is C=C.Cl.ClC1C(Cl)C(Cl)C(Cl)C(Cl)C1Cl.N=C(N)NC(=N)N. The van der Waals surface area contributed by atoms with Gasteiger partial charge >= 0.3 is 0 Å². The maximum atomic E-state index is 6.47. The van der Waals surface area contributed by atoms with Crippen LogP contribution in [0.1, 0.15) is 0 Å². The van der Waals surface area contributed by atoms with Crippen LogP contribution in [0.4, 0.5) is 0 Å². The van der Waals surface area contributed by atoms with Gasteiger partial charge in [-0.2, -0.15) is 0 Å². The van der Waals surface area contributed by atoms with Crippen molar-refractivity contribution in [2.45, 2.75) is 32.3 Å². The molecular formula is C10H18Cl7N5. The van der Waals surface area contributed by atoms with Crippen LogP contribution in [0.5, 0.6) is 0 Å². The quantitative estimate of drug-likeness (QED) is 0.167. The molecule has 1 saturated carbocycles. The van der Waals surface area contributed by atoms with Crippen molar-refractivity contribution in [2.75, 3.05) is 0 Å². The van der Waals surface area contributed by atoms with E-state index in [1.807, 2.05) is 5.32 Å². The first-order valence-electron chi connectivity index (χ1n) is 5.39. The largest absolute Gasteiger partial charge is 0.370 e. The molecule has 0 unspecified atom stereocenters. The summed E-state index contributed by atoms with van der Waals surface area (Å²) in [6.45, 7) is 6.00. The third-order valence-corrected chi connectivity index (χ3v) is 6.13. The third kappa shape index (κ3) is 9.60. The molecule has 22 heavy (non-hydrogen) atoms. The van der Waals surface area contributed by atoms with E-state index in [0.29, 0.717) is 0 Å². The van der Waals surface area contributed by atoms with Crippen molar-refractivity contribution >= 4 is 93.9 Å². The monoisotopic (exact) mass is 453 g/mol. The van der Waals surface area contributed by atoms with Crippen molar-refractivity contribution in [1.82, 2.24) is 5.32 Å². The molecule has 0 saturated heterocycles. The topological polar surface area (TPSA) is 112 Å². The molecule has 0 aromatic heterocycles. The van der Waals surface area contributed by atoms with E-state index in [0.717, 1.165) is 0 Å². The van der Waals surface area contributed by atoms with Crippen LogP contribution < -0.4 is 16.8 Å². The summed E-state index contributed by atoms with van der Waals surface area (Å²) in [5.74, 6) is -0.625.